The maximum absolute atomic E-state index is 11.7. The molecule has 0 spiro atoms. The first-order chi connectivity index (χ1) is 8.98. The Bertz CT molecular complexity index is 541. The van der Waals surface area contributed by atoms with Crippen molar-refractivity contribution in [2.24, 2.45) is 5.92 Å². The van der Waals surface area contributed by atoms with Crippen LogP contribution in [0.1, 0.15) is 32.0 Å². The molecule has 2 atom stereocenters. The third-order valence-corrected chi connectivity index (χ3v) is 5.68. The van der Waals surface area contributed by atoms with Crippen LogP contribution in [0.15, 0.2) is 6.20 Å². The molecule has 2 heterocycles. The summed E-state index contributed by atoms with van der Waals surface area (Å²) in [4.78, 5) is 0. The van der Waals surface area contributed by atoms with Crippen molar-refractivity contribution < 1.29 is 8.42 Å². The third-order valence-electron chi connectivity index (χ3n) is 3.59. The maximum Gasteiger partial charge on any atom is 0.150 e. The van der Waals surface area contributed by atoms with Crippen LogP contribution in [0.4, 0.5) is 0 Å². The first-order valence-electron chi connectivity index (χ1n) is 6.63. The third kappa shape index (κ3) is 3.12. The van der Waals surface area contributed by atoms with Gasteiger partial charge in [0.1, 0.15) is 0 Å². The number of sulfone groups is 1. The van der Waals surface area contributed by atoms with Gasteiger partial charge in [-0.15, -0.1) is 0 Å². The van der Waals surface area contributed by atoms with E-state index in [0.29, 0.717) is 11.4 Å². The maximum atomic E-state index is 11.7. The average molecular weight is 306 g/mol. The fraction of sp³-hybridized carbons (Fsp3) is 0.750. The minimum absolute atomic E-state index is 0.0442. The predicted molar refractivity (Wildman–Crippen MR) is 76.1 cm³/mol. The second kappa shape index (κ2) is 5.81. The highest BCUT2D eigenvalue weighted by atomic mass is 35.5. The number of nitrogens with one attached hydrogen (secondary N) is 1. The molecular formula is C12H20ClN3O2S. The Kier molecular flexibility index (Phi) is 4.53. The van der Waals surface area contributed by atoms with Crippen LogP contribution in [-0.2, 0) is 16.4 Å². The largest absolute Gasteiger partial charge is 0.309 e. The smallest absolute Gasteiger partial charge is 0.150 e. The topological polar surface area (TPSA) is 64.0 Å². The lowest BCUT2D eigenvalue weighted by atomic mass is 9.96. The van der Waals surface area contributed by atoms with Gasteiger partial charge in [0, 0.05) is 6.54 Å². The van der Waals surface area contributed by atoms with Crippen molar-refractivity contribution in [2.75, 3.05) is 18.1 Å². The monoisotopic (exact) mass is 305 g/mol. The van der Waals surface area contributed by atoms with Crippen LogP contribution in [-0.4, -0.2) is 36.2 Å². The molecule has 7 heteroatoms. The Morgan fingerprint density at radius 2 is 2.32 bits per heavy atom. The van der Waals surface area contributed by atoms with E-state index in [2.05, 4.69) is 10.4 Å². The van der Waals surface area contributed by atoms with Crippen LogP contribution in [0.2, 0.25) is 5.02 Å². The summed E-state index contributed by atoms with van der Waals surface area (Å²) in [5, 5.41) is 8.22. The van der Waals surface area contributed by atoms with Gasteiger partial charge >= 0.3 is 0 Å². The van der Waals surface area contributed by atoms with Crippen molar-refractivity contribution in [2.45, 2.75) is 32.9 Å². The highest BCUT2D eigenvalue weighted by Gasteiger charge is 2.36. The Morgan fingerprint density at radius 1 is 1.58 bits per heavy atom. The molecule has 108 valence electrons. The predicted octanol–water partition coefficient (Wildman–Crippen LogP) is 1.64. The van der Waals surface area contributed by atoms with Gasteiger partial charge in [-0.2, -0.15) is 5.10 Å². The highest BCUT2D eigenvalue weighted by molar-refractivity contribution is 7.91. The summed E-state index contributed by atoms with van der Waals surface area (Å²) in [6, 6.07) is -0.0442. The van der Waals surface area contributed by atoms with Gasteiger partial charge in [-0.25, -0.2) is 8.42 Å². The number of hydrogen-bond donors (Lipinski definition) is 1. The van der Waals surface area contributed by atoms with Gasteiger partial charge in [0.25, 0.3) is 0 Å². The normalized spacial score (nSPS) is 23.6. The van der Waals surface area contributed by atoms with Crippen LogP contribution in [0, 0.1) is 5.92 Å². The summed E-state index contributed by atoms with van der Waals surface area (Å²) in [6.07, 6.45) is 2.32. The van der Waals surface area contributed by atoms with Gasteiger partial charge in [0.05, 0.1) is 34.5 Å². The molecule has 1 aliphatic heterocycles. The van der Waals surface area contributed by atoms with Gasteiger partial charge in [-0.05, 0) is 25.8 Å². The van der Waals surface area contributed by atoms with Gasteiger partial charge < -0.3 is 5.32 Å². The molecule has 1 N–H and O–H groups in total. The zero-order valence-electron chi connectivity index (χ0n) is 11.3. The quantitative estimate of drug-likeness (QED) is 0.898. The fourth-order valence-corrected chi connectivity index (χ4v) is 4.83. The number of hydrogen-bond acceptors (Lipinski definition) is 4. The van der Waals surface area contributed by atoms with Crippen molar-refractivity contribution in [3.63, 3.8) is 0 Å². The minimum Gasteiger partial charge on any atom is -0.309 e. The second-order valence-electron chi connectivity index (χ2n) is 4.89. The van der Waals surface area contributed by atoms with Gasteiger partial charge in [0.2, 0.25) is 0 Å². The molecule has 0 radical (unpaired) electrons. The van der Waals surface area contributed by atoms with E-state index in [1.165, 1.54) is 0 Å². The van der Waals surface area contributed by atoms with Crippen molar-refractivity contribution >= 4 is 21.4 Å². The molecule has 0 amide bonds. The SMILES string of the molecule is CCNC(c1c(Cl)cnn1CC)C1CCS(=O)(=O)C1. The average Bonchev–Trinajstić information content (AvgIpc) is 2.89. The number of rotatable bonds is 5. The molecule has 0 saturated carbocycles. The summed E-state index contributed by atoms with van der Waals surface area (Å²) in [7, 11) is -2.90. The van der Waals surface area contributed by atoms with Gasteiger partial charge in [0.15, 0.2) is 9.84 Å². The van der Waals surface area contributed by atoms with Crippen molar-refractivity contribution in [1.82, 2.24) is 15.1 Å². The zero-order chi connectivity index (χ0) is 14.0. The Labute approximate surface area is 119 Å². The van der Waals surface area contributed by atoms with Gasteiger partial charge in [-0.3, -0.25) is 4.68 Å². The van der Waals surface area contributed by atoms with E-state index in [4.69, 9.17) is 11.6 Å². The molecule has 1 fully saturated rings. The minimum atomic E-state index is -2.90. The molecule has 0 aromatic carbocycles. The van der Waals surface area contributed by atoms with E-state index >= 15 is 0 Å². The summed E-state index contributed by atoms with van der Waals surface area (Å²) >= 11 is 6.23. The van der Waals surface area contributed by atoms with Crippen molar-refractivity contribution in [1.29, 1.82) is 0 Å². The van der Waals surface area contributed by atoms with Crippen LogP contribution < -0.4 is 5.32 Å². The van der Waals surface area contributed by atoms with Crippen LogP contribution >= 0.6 is 11.6 Å². The number of halogens is 1. The molecular weight excluding hydrogens is 286 g/mol. The lowest BCUT2D eigenvalue weighted by Gasteiger charge is -2.24. The fourth-order valence-electron chi connectivity index (χ4n) is 2.73. The Hall–Kier alpha value is -0.590. The standard InChI is InChI=1S/C12H20ClN3O2S/c1-3-14-11(9-5-6-19(17,18)8-9)12-10(13)7-15-16(12)4-2/h7,9,11,14H,3-6,8H2,1-2H3. The van der Waals surface area contributed by atoms with E-state index in [9.17, 15) is 8.42 Å². The number of aryl methyl sites for hydroxylation is 1. The molecule has 19 heavy (non-hydrogen) atoms. The summed E-state index contributed by atoms with van der Waals surface area (Å²) < 4.78 is 25.2. The van der Waals surface area contributed by atoms with Gasteiger partial charge in [-0.1, -0.05) is 18.5 Å². The van der Waals surface area contributed by atoms with Crippen LogP contribution in [0.3, 0.4) is 0 Å². The Balaban J connectivity index is 2.32. The molecule has 1 aromatic heterocycles. The van der Waals surface area contributed by atoms with E-state index in [-0.39, 0.29) is 23.5 Å². The first-order valence-corrected chi connectivity index (χ1v) is 8.83. The molecule has 5 nitrogen and oxygen atoms in total. The van der Waals surface area contributed by atoms with E-state index < -0.39 is 9.84 Å². The second-order valence-corrected chi connectivity index (χ2v) is 7.53. The lowest BCUT2D eigenvalue weighted by molar-refractivity contribution is 0.374. The Morgan fingerprint density at radius 3 is 2.84 bits per heavy atom. The highest BCUT2D eigenvalue weighted by Crippen LogP contribution is 2.34. The molecule has 1 aliphatic rings. The summed E-state index contributed by atoms with van der Waals surface area (Å²) in [5.74, 6) is 0.581. The lowest BCUT2D eigenvalue weighted by Crippen LogP contribution is -2.31. The molecule has 1 saturated heterocycles. The summed E-state index contributed by atoms with van der Waals surface area (Å²) in [6.45, 7) is 5.51. The van der Waals surface area contributed by atoms with E-state index in [1.54, 1.807) is 6.20 Å². The van der Waals surface area contributed by atoms with Crippen molar-refractivity contribution in [3.05, 3.63) is 16.9 Å². The zero-order valence-corrected chi connectivity index (χ0v) is 12.8. The van der Waals surface area contributed by atoms with Crippen molar-refractivity contribution in [3.8, 4) is 0 Å². The van der Waals surface area contributed by atoms with E-state index in [0.717, 1.165) is 18.8 Å². The molecule has 2 rings (SSSR count). The molecule has 0 aliphatic carbocycles. The summed E-state index contributed by atoms with van der Waals surface area (Å²) in [5.41, 5.74) is 0.910. The molecule has 2 unspecified atom stereocenters. The van der Waals surface area contributed by atoms with E-state index in [1.807, 2.05) is 18.5 Å². The number of aromatic nitrogens is 2. The van der Waals surface area contributed by atoms with Crippen LogP contribution in [0.5, 0.6) is 0 Å². The molecule has 0 bridgehead atoms. The first kappa shape index (κ1) is 14.8. The van der Waals surface area contributed by atoms with Crippen LogP contribution in [0.25, 0.3) is 0 Å². The molecule has 1 aromatic rings. The number of nitrogens with zero attached hydrogens (tertiary/aromatic N) is 2.